The van der Waals surface area contributed by atoms with Crippen LogP contribution in [0.1, 0.15) is 61.7 Å². The zero-order valence-corrected chi connectivity index (χ0v) is 15.8. The molecule has 2 heterocycles. The highest BCUT2D eigenvalue weighted by Gasteiger charge is 2.33. The molecule has 8 heteroatoms. The quantitative estimate of drug-likeness (QED) is 0.721. The molecule has 0 radical (unpaired) electrons. The van der Waals surface area contributed by atoms with Gasteiger partial charge in [0.15, 0.2) is 11.9 Å². The van der Waals surface area contributed by atoms with Crippen LogP contribution in [-0.2, 0) is 19.6 Å². The second-order valence-corrected chi connectivity index (χ2v) is 8.81. The predicted octanol–water partition coefficient (Wildman–Crippen LogP) is 2.84. The number of nitrogens with zero attached hydrogens (tertiary/aromatic N) is 2. The lowest BCUT2D eigenvalue weighted by molar-refractivity contribution is -0.129. The first-order valence-electron chi connectivity index (χ1n) is 9.45. The minimum atomic E-state index is -3.86. The van der Waals surface area contributed by atoms with Gasteiger partial charge in [0.05, 0.1) is 11.3 Å². The molecule has 2 fully saturated rings. The van der Waals surface area contributed by atoms with Crippen molar-refractivity contribution in [3.8, 4) is 0 Å². The van der Waals surface area contributed by atoms with Gasteiger partial charge in [0.2, 0.25) is 0 Å². The number of benzene rings is 1. The van der Waals surface area contributed by atoms with E-state index in [2.05, 4.69) is 4.40 Å². The number of rotatable bonds is 2. The highest BCUT2D eigenvalue weighted by molar-refractivity contribution is 7.90. The Hall–Kier alpha value is -2.22. The maximum atomic E-state index is 12.6. The minimum absolute atomic E-state index is 0.0255. The summed E-state index contributed by atoms with van der Waals surface area (Å²) in [6, 6.07) is 4.54. The van der Waals surface area contributed by atoms with Crippen LogP contribution in [0.2, 0.25) is 0 Å². The van der Waals surface area contributed by atoms with Gasteiger partial charge in [-0.25, -0.2) is 4.79 Å². The van der Waals surface area contributed by atoms with Crippen LogP contribution in [0, 0.1) is 0 Å². The lowest BCUT2D eigenvalue weighted by Gasteiger charge is -2.29. The van der Waals surface area contributed by atoms with E-state index in [-0.39, 0.29) is 16.2 Å². The van der Waals surface area contributed by atoms with Crippen LogP contribution in [0.3, 0.4) is 0 Å². The maximum absolute atomic E-state index is 12.6. The van der Waals surface area contributed by atoms with E-state index in [1.54, 1.807) is 12.1 Å². The molecule has 4 rings (SSSR count). The molecule has 1 saturated carbocycles. The van der Waals surface area contributed by atoms with E-state index in [0.717, 1.165) is 32.1 Å². The molecule has 0 spiro atoms. The van der Waals surface area contributed by atoms with E-state index < -0.39 is 22.1 Å². The van der Waals surface area contributed by atoms with Gasteiger partial charge in [0, 0.05) is 19.4 Å². The molecule has 1 saturated heterocycles. The predicted molar refractivity (Wildman–Crippen MR) is 99.6 cm³/mol. The number of anilines is 1. The van der Waals surface area contributed by atoms with Crippen LogP contribution >= 0.6 is 0 Å². The second kappa shape index (κ2) is 7.07. The number of fused-ring (bicyclic) bond motifs is 3. The highest BCUT2D eigenvalue weighted by atomic mass is 32.2. The number of hydrogen-bond donors (Lipinski definition) is 0. The number of ketones is 1. The van der Waals surface area contributed by atoms with Gasteiger partial charge in [-0.1, -0.05) is 6.42 Å². The van der Waals surface area contributed by atoms with E-state index in [4.69, 9.17) is 4.74 Å². The van der Waals surface area contributed by atoms with Crippen LogP contribution in [-0.4, -0.2) is 38.7 Å². The molecule has 1 aromatic rings. The van der Waals surface area contributed by atoms with Gasteiger partial charge in [-0.15, -0.1) is 4.40 Å². The largest absolute Gasteiger partial charge is 0.451 e. The normalized spacial score (nSPS) is 24.3. The van der Waals surface area contributed by atoms with Crippen molar-refractivity contribution in [1.82, 2.24) is 0 Å². The van der Waals surface area contributed by atoms with Gasteiger partial charge in [-0.3, -0.25) is 4.79 Å². The Bertz CT molecular complexity index is 922. The fourth-order valence-corrected chi connectivity index (χ4v) is 5.16. The molecular weight excluding hydrogens is 368 g/mol. The van der Waals surface area contributed by atoms with E-state index in [1.165, 1.54) is 6.07 Å². The van der Waals surface area contributed by atoms with Crippen LogP contribution in [0.5, 0.6) is 0 Å². The van der Waals surface area contributed by atoms with E-state index in [1.807, 2.05) is 4.90 Å². The molecule has 0 bridgehead atoms. The van der Waals surface area contributed by atoms with Crippen LogP contribution in [0.25, 0.3) is 0 Å². The van der Waals surface area contributed by atoms with Gasteiger partial charge in [-0.05, 0) is 50.3 Å². The fourth-order valence-electron chi connectivity index (χ4n) is 3.88. The van der Waals surface area contributed by atoms with Crippen molar-refractivity contribution >= 4 is 33.3 Å². The molecule has 2 aliphatic heterocycles. The van der Waals surface area contributed by atoms with Crippen molar-refractivity contribution in [3.63, 3.8) is 0 Å². The van der Waals surface area contributed by atoms with Crippen molar-refractivity contribution in [2.24, 2.45) is 4.40 Å². The first-order valence-corrected chi connectivity index (χ1v) is 10.9. The van der Waals surface area contributed by atoms with Crippen LogP contribution in [0.4, 0.5) is 5.69 Å². The topological polar surface area (TPSA) is 93.1 Å². The Morgan fingerprint density at radius 3 is 2.74 bits per heavy atom. The summed E-state index contributed by atoms with van der Waals surface area (Å²) in [6.45, 7) is 0.710. The number of carbonyl (C=O) groups excluding carboxylic acids is 2. The molecule has 7 nitrogen and oxygen atoms in total. The molecule has 0 N–H and O–H groups in total. The Kier molecular flexibility index (Phi) is 4.75. The highest BCUT2D eigenvalue weighted by Crippen LogP contribution is 2.35. The third-order valence-electron chi connectivity index (χ3n) is 5.33. The molecule has 1 aromatic carbocycles. The maximum Gasteiger partial charge on any atom is 0.338 e. The molecular formula is C19H22N2O5S. The zero-order valence-electron chi connectivity index (χ0n) is 15.0. The molecule has 0 aromatic heterocycles. The average Bonchev–Trinajstić information content (AvgIpc) is 2.88. The summed E-state index contributed by atoms with van der Waals surface area (Å²) in [5.41, 5.74) is 0.691. The number of hydrogen-bond acceptors (Lipinski definition) is 6. The number of Topliss-reactive ketones (excluding diaryl/α,β-unsaturated/α-hetero) is 1. The molecule has 144 valence electrons. The molecule has 1 atom stereocenters. The van der Waals surface area contributed by atoms with Crippen molar-refractivity contribution < 1.29 is 22.7 Å². The van der Waals surface area contributed by atoms with Gasteiger partial charge in [0.25, 0.3) is 10.0 Å². The molecule has 3 aliphatic rings. The average molecular weight is 390 g/mol. The summed E-state index contributed by atoms with van der Waals surface area (Å²) in [7, 11) is -3.86. The van der Waals surface area contributed by atoms with Crippen LogP contribution in [0.15, 0.2) is 27.5 Å². The van der Waals surface area contributed by atoms with E-state index in [9.17, 15) is 18.0 Å². The third kappa shape index (κ3) is 3.50. The smallest absolute Gasteiger partial charge is 0.338 e. The summed E-state index contributed by atoms with van der Waals surface area (Å²) >= 11 is 0. The molecule has 0 unspecified atom stereocenters. The van der Waals surface area contributed by atoms with Gasteiger partial charge in [0.1, 0.15) is 10.7 Å². The van der Waals surface area contributed by atoms with Crippen molar-refractivity contribution in [2.45, 2.75) is 62.4 Å². The first-order chi connectivity index (χ1) is 13.0. The van der Waals surface area contributed by atoms with Gasteiger partial charge in [-0.2, -0.15) is 8.42 Å². The minimum Gasteiger partial charge on any atom is -0.451 e. The summed E-state index contributed by atoms with van der Waals surface area (Å²) in [6.07, 6.45) is 5.42. The second-order valence-electron chi connectivity index (χ2n) is 7.23. The lowest BCUT2D eigenvalue weighted by atomic mass is 9.96. The number of ether oxygens (including phenoxy) is 1. The first kappa shape index (κ1) is 18.2. The summed E-state index contributed by atoms with van der Waals surface area (Å²) in [4.78, 5) is 26.3. The zero-order chi connectivity index (χ0) is 19.0. The van der Waals surface area contributed by atoms with Crippen molar-refractivity contribution in [1.29, 1.82) is 0 Å². The summed E-state index contributed by atoms with van der Waals surface area (Å²) in [5, 5.41) is 0. The molecule has 1 aliphatic carbocycles. The third-order valence-corrected chi connectivity index (χ3v) is 6.67. The standard InChI is InChI=1S/C19H22N2O5S/c22-15-6-3-4-7-16(15)26-19(23)13-9-10-14-17(12-13)27(24,25)20-18-8-2-1-5-11-21(14)18/h9-10,12,16H,1-8,11H2/t16-/m1/s1. The SMILES string of the molecule is O=C(O[C@@H]1CCCCC1=O)c1ccc2c(c1)S(=O)(=O)N=C1CCCCCN12. The number of esters is 1. The Morgan fingerprint density at radius 1 is 1.11 bits per heavy atom. The van der Waals surface area contributed by atoms with E-state index in [0.29, 0.717) is 37.3 Å². The summed E-state index contributed by atoms with van der Waals surface area (Å²) in [5.74, 6) is -0.166. The Labute approximate surface area is 158 Å². The number of amidine groups is 1. The molecule has 27 heavy (non-hydrogen) atoms. The monoisotopic (exact) mass is 390 g/mol. The number of carbonyl (C=O) groups is 2. The molecule has 0 amide bonds. The van der Waals surface area contributed by atoms with Crippen LogP contribution < -0.4 is 4.90 Å². The van der Waals surface area contributed by atoms with Gasteiger partial charge >= 0.3 is 5.97 Å². The Balaban J connectivity index is 1.64. The summed E-state index contributed by atoms with van der Waals surface area (Å²) < 4.78 is 34.6. The fraction of sp³-hybridized carbons (Fsp3) is 0.526. The van der Waals surface area contributed by atoms with Gasteiger partial charge < -0.3 is 9.64 Å². The van der Waals surface area contributed by atoms with Crippen molar-refractivity contribution in [3.05, 3.63) is 23.8 Å². The van der Waals surface area contributed by atoms with E-state index >= 15 is 0 Å². The Morgan fingerprint density at radius 2 is 1.93 bits per heavy atom. The number of sulfonamides is 1. The lowest BCUT2D eigenvalue weighted by Crippen LogP contribution is -2.35. The van der Waals surface area contributed by atoms with Crippen molar-refractivity contribution in [2.75, 3.05) is 11.4 Å².